The van der Waals surface area contributed by atoms with Crippen LogP contribution in [0.5, 0.6) is 0 Å². The molecule has 0 bridgehead atoms. The fourth-order valence-corrected chi connectivity index (χ4v) is 0.843. The van der Waals surface area contributed by atoms with Gasteiger partial charge in [-0.05, 0) is 18.8 Å². The van der Waals surface area contributed by atoms with Crippen LogP contribution in [-0.2, 0) is 4.74 Å². The molecule has 1 rings (SSSR count). The van der Waals surface area contributed by atoms with E-state index >= 15 is 0 Å². The van der Waals surface area contributed by atoms with E-state index in [9.17, 15) is 9.18 Å². The highest BCUT2D eigenvalue weighted by Crippen LogP contribution is 2.26. The van der Waals surface area contributed by atoms with Crippen LogP contribution < -0.4 is 0 Å². The summed E-state index contributed by atoms with van der Waals surface area (Å²) in [6, 6.07) is 0. The molecule has 0 aliphatic heterocycles. The first kappa shape index (κ1) is 6.52. The summed E-state index contributed by atoms with van der Waals surface area (Å²) in [5, 5.41) is 0. The van der Waals surface area contributed by atoms with E-state index in [0.29, 0.717) is 5.92 Å². The molecule has 0 saturated heterocycles. The van der Waals surface area contributed by atoms with E-state index in [1.807, 2.05) is 0 Å². The standard InChI is InChI=1S/C6H9FO2/c7-6(8)9-4-5-2-1-3-5/h5H,1-4H2. The van der Waals surface area contributed by atoms with E-state index in [1.54, 1.807) is 0 Å². The van der Waals surface area contributed by atoms with E-state index in [0.717, 1.165) is 12.8 Å². The minimum atomic E-state index is -1.65. The molecule has 0 N–H and O–H groups in total. The first-order chi connectivity index (χ1) is 4.29. The van der Waals surface area contributed by atoms with Gasteiger partial charge in [-0.15, -0.1) is 4.39 Å². The van der Waals surface area contributed by atoms with Gasteiger partial charge >= 0.3 is 6.22 Å². The molecule has 0 atom stereocenters. The third-order valence-corrected chi connectivity index (χ3v) is 1.66. The lowest BCUT2D eigenvalue weighted by Crippen LogP contribution is -2.18. The van der Waals surface area contributed by atoms with Crippen molar-refractivity contribution in [2.75, 3.05) is 6.61 Å². The summed E-state index contributed by atoms with van der Waals surface area (Å²) in [6.07, 6.45) is 1.69. The summed E-state index contributed by atoms with van der Waals surface area (Å²) in [5.74, 6) is 0.435. The lowest BCUT2D eigenvalue weighted by molar-refractivity contribution is 0.0845. The maximum absolute atomic E-state index is 11.4. The van der Waals surface area contributed by atoms with Gasteiger partial charge in [0.25, 0.3) is 0 Å². The van der Waals surface area contributed by atoms with Gasteiger partial charge in [-0.1, -0.05) is 6.42 Å². The molecule has 1 aliphatic rings. The Bertz CT molecular complexity index is 110. The molecule has 0 aromatic heterocycles. The number of hydrogen-bond donors (Lipinski definition) is 0. The SMILES string of the molecule is O=C(F)OCC1CCC1. The van der Waals surface area contributed by atoms with E-state index in [-0.39, 0.29) is 6.61 Å². The predicted molar refractivity (Wildman–Crippen MR) is 29.8 cm³/mol. The second-order valence-electron chi connectivity index (χ2n) is 2.35. The maximum atomic E-state index is 11.4. The quantitative estimate of drug-likeness (QED) is 0.536. The van der Waals surface area contributed by atoms with Gasteiger partial charge in [0.1, 0.15) is 0 Å². The topological polar surface area (TPSA) is 26.3 Å². The first-order valence-corrected chi connectivity index (χ1v) is 3.11. The molecule has 0 amide bonds. The van der Waals surface area contributed by atoms with Crippen LogP contribution in [0.1, 0.15) is 19.3 Å². The van der Waals surface area contributed by atoms with Crippen molar-refractivity contribution in [3.05, 3.63) is 0 Å². The third kappa shape index (κ3) is 2.00. The fourth-order valence-electron chi connectivity index (χ4n) is 0.843. The minimum Gasteiger partial charge on any atom is -0.440 e. The molecule has 0 heterocycles. The maximum Gasteiger partial charge on any atom is 0.495 e. The minimum absolute atomic E-state index is 0.273. The second kappa shape index (κ2) is 2.80. The molecule has 52 valence electrons. The van der Waals surface area contributed by atoms with Crippen LogP contribution in [0.3, 0.4) is 0 Å². The highest BCUT2D eigenvalue weighted by Gasteiger charge is 2.18. The van der Waals surface area contributed by atoms with E-state index < -0.39 is 6.22 Å². The van der Waals surface area contributed by atoms with Gasteiger partial charge in [-0.2, -0.15) is 0 Å². The number of carbonyl (C=O) groups is 1. The van der Waals surface area contributed by atoms with Crippen molar-refractivity contribution in [2.45, 2.75) is 19.3 Å². The molecular weight excluding hydrogens is 123 g/mol. The average molecular weight is 132 g/mol. The lowest BCUT2D eigenvalue weighted by Gasteiger charge is -2.23. The van der Waals surface area contributed by atoms with E-state index in [2.05, 4.69) is 4.74 Å². The number of halogens is 1. The molecule has 3 heteroatoms. The smallest absolute Gasteiger partial charge is 0.440 e. The summed E-state index contributed by atoms with van der Waals surface area (Å²) >= 11 is 0. The summed E-state index contributed by atoms with van der Waals surface area (Å²) in [7, 11) is 0. The molecule has 0 aromatic carbocycles. The van der Waals surface area contributed by atoms with E-state index in [4.69, 9.17) is 0 Å². The Kier molecular flexibility index (Phi) is 2.03. The third-order valence-electron chi connectivity index (χ3n) is 1.66. The van der Waals surface area contributed by atoms with Gasteiger partial charge in [0.15, 0.2) is 0 Å². The molecule has 2 nitrogen and oxygen atoms in total. The highest BCUT2D eigenvalue weighted by molar-refractivity contribution is 5.57. The Morgan fingerprint density at radius 1 is 1.67 bits per heavy atom. The Hall–Kier alpha value is -0.600. The Morgan fingerprint density at radius 2 is 2.33 bits per heavy atom. The number of ether oxygens (including phenoxy) is 1. The zero-order valence-corrected chi connectivity index (χ0v) is 5.10. The number of rotatable bonds is 2. The molecule has 0 radical (unpaired) electrons. The van der Waals surface area contributed by atoms with Crippen LogP contribution in [-0.4, -0.2) is 12.8 Å². The van der Waals surface area contributed by atoms with Gasteiger partial charge in [0.2, 0.25) is 0 Å². The lowest BCUT2D eigenvalue weighted by atomic mass is 9.86. The van der Waals surface area contributed by atoms with Crippen molar-refractivity contribution < 1.29 is 13.9 Å². The van der Waals surface area contributed by atoms with Crippen molar-refractivity contribution >= 4 is 6.22 Å². The summed E-state index contributed by atoms with van der Waals surface area (Å²) in [4.78, 5) is 9.60. The van der Waals surface area contributed by atoms with Gasteiger partial charge in [-0.25, -0.2) is 4.79 Å². The van der Waals surface area contributed by atoms with Crippen molar-refractivity contribution in [1.82, 2.24) is 0 Å². The van der Waals surface area contributed by atoms with Crippen LogP contribution in [0.15, 0.2) is 0 Å². The number of carbonyl (C=O) groups excluding carboxylic acids is 1. The van der Waals surface area contributed by atoms with Gasteiger partial charge in [0.05, 0.1) is 6.61 Å². The van der Waals surface area contributed by atoms with Gasteiger partial charge in [0, 0.05) is 0 Å². The van der Waals surface area contributed by atoms with Crippen molar-refractivity contribution in [2.24, 2.45) is 5.92 Å². The van der Waals surface area contributed by atoms with Crippen LogP contribution in [0.25, 0.3) is 0 Å². The monoisotopic (exact) mass is 132 g/mol. The molecule has 9 heavy (non-hydrogen) atoms. The summed E-state index contributed by atoms with van der Waals surface area (Å²) in [5.41, 5.74) is 0. The van der Waals surface area contributed by atoms with Crippen molar-refractivity contribution in [1.29, 1.82) is 0 Å². The summed E-state index contributed by atoms with van der Waals surface area (Å²) < 4.78 is 15.5. The Labute approximate surface area is 53.0 Å². The summed E-state index contributed by atoms with van der Waals surface area (Å²) in [6.45, 7) is 0.273. The molecule has 0 aromatic rings. The van der Waals surface area contributed by atoms with Crippen LogP contribution in [0.4, 0.5) is 9.18 Å². The molecule has 1 fully saturated rings. The van der Waals surface area contributed by atoms with Crippen LogP contribution in [0.2, 0.25) is 0 Å². The van der Waals surface area contributed by atoms with Crippen LogP contribution in [0, 0.1) is 5.92 Å². The largest absolute Gasteiger partial charge is 0.495 e. The molecule has 0 spiro atoms. The number of hydrogen-bond acceptors (Lipinski definition) is 2. The zero-order chi connectivity index (χ0) is 6.69. The normalized spacial score (nSPS) is 18.8. The van der Waals surface area contributed by atoms with E-state index in [1.165, 1.54) is 6.42 Å². The Morgan fingerprint density at radius 3 is 2.67 bits per heavy atom. The molecule has 1 aliphatic carbocycles. The molecule has 0 unspecified atom stereocenters. The fraction of sp³-hybridized carbons (Fsp3) is 0.833. The average Bonchev–Trinajstić information content (AvgIpc) is 1.60. The first-order valence-electron chi connectivity index (χ1n) is 3.11. The predicted octanol–water partition coefficient (Wildman–Crippen LogP) is 1.89. The molecule has 1 saturated carbocycles. The van der Waals surface area contributed by atoms with Gasteiger partial charge < -0.3 is 4.74 Å². The second-order valence-corrected chi connectivity index (χ2v) is 2.35. The highest BCUT2D eigenvalue weighted by atomic mass is 19.1. The Balaban J connectivity index is 1.97. The van der Waals surface area contributed by atoms with Gasteiger partial charge in [-0.3, -0.25) is 0 Å². The van der Waals surface area contributed by atoms with Crippen molar-refractivity contribution in [3.63, 3.8) is 0 Å². The van der Waals surface area contributed by atoms with Crippen LogP contribution >= 0.6 is 0 Å². The van der Waals surface area contributed by atoms with Crippen molar-refractivity contribution in [3.8, 4) is 0 Å². The molecular formula is C6H9FO2. The zero-order valence-electron chi connectivity index (χ0n) is 5.10.